The minimum absolute atomic E-state index is 1.01. The summed E-state index contributed by atoms with van der Waals surface area (Å²) in [6.07, 6.45) is -1.73. The molecule has 0 heterocycles. The van der Waals surface area contributed by atoms with Gasteiger partial charge in [0, 0.05) is 13.0 Å². The summed E-state index contributed by atoms with van der Waals surface area (Å²) in [4.78, 5) is 8.78. The first-order valence-electron chi connectivity index (χ1n) is 9.52. The fourth-order valence-electron chi connectivity index (χ4n) is 3.14. The molecule has 7 heteroatoms. The van der Waals surface area contributed by atoms with Crippen molar-refractivity contribution < 1.29 is 28.8 Å². The van der Waals surface area contributed by atoms with Gasteiger partial charge in [-0.25, -0.2) is 0 Å². The van der Waals surface area contributed by atoms with E-state index in [9.17, 15) is 13.2 Å². The fourth-order valence-corrected chi connectivity index (χ4v) is 3.14. The zero-order valence-electron chi connectivity index (χ0n) is 16.1. The number of carboxylic acid groups (broad SMARTS) is 1. The molecular weight excluding hydrogens is 381 g/mol. The number of halogens is 3. The van der Waals surface area contributed by atoms with Gasteiger partial charge in [0.25, 0.3) is 0 Å². The molecule has 4 nitrogen and oxygen atoms in total. The van der Waals surface area contributed by atoms with Gasteiger partial charge in [0.15, 0.2) is 0 Å². The Bertz CT molecular complexity index is 888. The monoisotopic (exact) mass is 406 g/mol. The van der Waals surface area contributed by atoms with Crippen molar-refractivity contribution in [3.05, 3.63) is 60.2 Å². The summed E-state index contributed by atoms with van der Waals surface area (Å²) in [7, 11) is 0. The lowest BCUT2D eigenvalue weighted by Gasteiger charge is -2.12. The van der Waals surface area contributed by atoms with Crippen molar-refractivity contribution in [2.24, 2.45) is 0 Å². The number of aryl methyl sites for hydroxylation is 1. The third-order valence-electron chi connectivity index (χ3n) is 4.50. The topological polar surface area (TPSA) is 79.8 Å². The molecule has 0 aliphatic heterocycles. The van der Waals surface area contributed by atoms with Gasteiger partial charge in [-0.05, 0) is 52.6 Å². The van der Waals surface area contributed by atoms with E-state index in [-0.39, 0.29) is 0 Å². The Morgan fingerprint density at radius 3 is 1.90 bits per heavy atom. The van der Waals surface area contributed by atoms with Crippen LogP contribution in [0.4, 0.5) is 13.2 Å². The number of hydrogen-bond donors (Lipinski definition) is 2. The maximum absolute atomic E-state index is 10.5. The number of rotatable bonds is 7. The lowest BCUT2D eigenvalue weighted by atomic mass is 9.94. The van der Waals surface area contributed by atoms with Crippen molar-refractivity contribution in [2.45, 2.75) is 25.4 Å². The summed E-state index contributed by atoms with van der Waals surface area (Å²) in [5, 5.41) is 17.8. The molecule has 0 bridgehead atoms. The lowest BCUT2D eigenvalue weighted by molar-refractivity contribution is -0.367. The molecule has 29 heavy (non-hydrogen) atoms. The Labute approximate surface area is 167 Å². The number of carbonyl (C=O) groups excluding carboxylic acids is 1. The second-order valence-electron chi connectivity index (χ2n) is 6.64. The van der Waals surface area contributed by atoms with Gasteiger partial charge in [-0.2, -0.15) is 13.2 Å². The minimum atomic E-state index is -5.19. The van der Waals surface area contributed by atoms with Gasteiger partial charge in [-0.3, -0.25) is 0 Å². The van der Waals surface area contributed by atoms with Crippen molar-refractivity contribution in [2.75, 3.05) is 19.6 Å². The predicted octanol–water partition coefficient (Wildman–Crippen LogP) is 2.45. The number of aliphatic carboxylic acids is 1. The minimum Gasteiger partial charge on any atom is -0.542 e. The van der Waals surface area contributed by atoms with Crippen LogP contribution in [0.15, 0.2) is 54.6 Å². The van der Waals surface area contributed by atoms with Crippen LogP contribution in [0.3, 0.4) is 0 Å². The molecule has 3 aromatic rings. The summed E-state index contributed by atoms with van der Waals surface area (Å²) in [5.41, 5.74) is 5.37. The molecule has 0 aromatic heterocycles. The summed E-state index contributed by atoms with van der Waals surface area (Å²) >= 11 is 0. The van der Waals surface area contributed by atoms with E-state index in [1.165, 1.54) is 33.5 Å². The van der Waals surface area contributed by atoms with Crippen LogP contribution >= 0.6 is 0 Å². The third kappa shape index (κ3) is 6.73. The van der Waals surface area contributed by atoms with Crippen LogP contribution in [0.1, 0.15) is 18.4 Å². The van der Waals surface area contributed by atoms with E-state index in [4.69, 9.17) is 9.90 Å². The van der Waals surface area contributed by atoms with E-state index in [0.717, 1.165) is 32.5 Å². The van der Waals surface area contributed by atoms with Crippen LogP contribution in [-0.4, -0.2) is 31.8 Å². The molecule has 0 spiro atoms. The average Bonchev–Trinajstić information content (AvgIpc) is 2.69. The SMILES string of the molecule is O=C([O-])C(F)(F)F.[NH3+]CCCNCCCc1c2ccccc2cc2ccccc12. The quantitative estimate of drug-likeness (QED) is 0.467. The van der Waals surface area contributed by atoms with Gasteiger partial charge in [-0.1, -0.05) is 48.5 Å². The standard InChI is InChI=1S/C20H24N2.C2HF3O2/c21-12-6-14-22-13-5-11-20-18-9-3-1-7-16(18)15-17-8-2-4-10-19(17)20;3-2(4,5)1(6)7/h1-4,7-10,15,22H,5-6,11-14,21H2;(H,6,7). The fraction of sp³-hybridized carbons (Fsp3) is 0.318. The molecule has 0 saturated carbocycles. The first kappa shape index (κ1) is 22.6. The highest BCUT2D eigenvalue weighted by molar-refractivity contribution is 6.02. The van der Waals surface area contributed by atoms with Gasteiger partial charge >= 0.3 is 6.18 Å². The van der Waals surface area contributed by atoms with E-state index < -0.39 is 12.1 Å². The van der Waals surface area contributed by atoms with Gasteiger partial charge in [0.1, 0.15) is 5.97 Å². The molecule has 3 rings (SSSR count). The van der Waals surface area contributed by atoms with Crippen LogP contribution in [0, 0.1) is 0 Å². The van der Waals surface area contributed by atoms with Crippen molar-refractivity contribution in [1.82, 2.24) is 5.32 Å². The number of fused-ring (bicyclic) bond motifs is 2. The highest BCUT2D eigenvalue weighted by Crippen LogP contribution is 2.29. The summed E-state index contributed by atoms with van der Waals surface area (Å²) < 4.78 is 31.5. The molecular formula is C22H25F3N2O2. The van der Waals surface area contributed by atoms with Gasteiger partial charge < -0.3 is 21.0 Å². The number of hydrogen-bond acceptors (Lipinski definition) is 3. The Hall–Kier alpha value is -2.64. The van der Waals surface area contributed by atoms with E-state index in [2.05, 4.69) is 65.6 Å². The highest BCUT2D eigenvalue weighted by atomic mass is 19.4. The summed E-state index contributed by atoms with van der Waals surface area (Å²) in [5.74, 6) is -3.01. The molecule has 0 amide bonds. The Kier molecular flexibility index (Phi) is 8.42. The number of carboxylic acids is 1. The van der Waals surface area contributed by atoms with Crippen LogP contribution in [0.5, 0.6) is 0 Å². The molecule has 0 fully saturated rings. The maximum atomic E-state index is 10.5. The molecule has 0 aliphatic carbocycles. The summed E-state index contributed by atoms with van der Waals surface area (Å²) in [6, 6.07) is 19.8. The van der Waals surface area contributed by atoms with E-state index in [1.54, 1.807) is 0 Å². The molecule has 0 atom stereocenters. The van der Waals surface area contributed by atoms with Crippen molar-refractivity contribution in [3.63, 3.8) is 0 Å². The van der Waals surface area contributed by atoms with Gasteiger partial charge in [-0.15, -0.1) is 0 Å². The maximum Gasteiger partial charge on any atom is 0.430 e. The summed E-state index contributed by atoms with van der Waals surface area (Å²) in [6.45, 7) is 3.18. The van der Waals surface area contributed by atoms with Crippen molar-refractivity contribution in [1.29, 1.82) is 0 Å². The number of carbonyl (C=O) groups is 1. The lowest BCUT2D eigenvalue weighted by Crippen LogP contribution is -2.51. The second-order valence-corrected chi connectivity index (χ2v) is 6.64. The Morgan fingerprint density at radius 1 is 0.931 bits per heavy atom. The molecule has 0 unspecified atom stereocenters. The van der Waals surface area contributed by atoms with E-state index in [1.807, 2.05) is 0 Å². The molecule has 4 N–H and O–H groups in total. The second kappa shape index (κ2) is 10.8. The number of benzene rings is 3. The normalized spacial score (nSPS) is 11.3. The van der Waals surface area contributed by atoms with E-state index >= 15 is 0 Å². The zero-order chi connectivity index (χ0) is 21.3. The molecule has 3 aromatic carbocycles. The zero-order valence-corrected chi connectivity index (χ0v) is 16.1. The Balaban J connectivity index is 0.000000370. The van der Waals surface area contributed by atoms with E-state index in [0.29, 0.717) is 0 Å². The number of nitrogens with one attached hydrogen (secondary N) is 1. The first-order valence-corrected chi connectivity index (χ1v) is 9.52. The predicted molar refractivity (Wildman–Crippen MR) is 106 cm³/mol. The smallest absolute Gasteiger partial charge is 0.430 e. The Morgan fingerprint density at radius 2 is 1.41 bits per heavy atom. The van der Waals surface area contributed by atoms with Gasteiger partial charge in [0.05, 0.1) is 6.54 Å². The van der Waals surface area contributed by atoms with Gasteiger partial charge in [0.2, 0.25) is 0 Å². The largest absolute Gasteiger partial charge is 0.542 e. The molecule has 0 saturated heterocycles. The van der Waals surface area contributed by atoms with Crippen LogP contribution < -0.4 is 16.2 Å². The third-order valence-corrected chi connectivity index (χ3v) is 4.50. The first-order chi connectivity index (χ1) is 13.8. The number of quaternary nitrogens is 1. The number of alkyl halides is 3. The van der Waals surface area contributed by atoms with Crippen LogP contribution in [-0.2, 0) is 11.2 Å². The van der Waals surface area contributed by atoms with Crippen molar-refractivity contribution >= 4 is 27.5 Å². The highest BCUT2D eigenvalue weighted by Gasteiger charge is 2.28. The molecule has 0 radical (unpaired) electrons. The van der Waals surface area contributed by atoms with Crippen LogP contribution in [0.25, 0.3) is 21.5 Å². The molecule has 0 aliphatic rings. The van der Waals surface area contributed by atoms with Crippen LogP contribution in [0.2, 0.25) is 0 Å². The average molecular weight is 406 g/mol. The van der Waals surface area contributed by atoms with Crippen molar-refractivity contribution in [3.8, 4) is 0 Å². The molecule has 156 valence electrons.